The van der Waals surface area contributed by atoms with Gasteiger partial charge in [-0.25, -0.2) is 4.39 Å². The van der Waals surface area contributed by atoms with Gasteiger partial charge in [-0.1, -0.05) is 19.1 Å². The first-order valence-electron chi connectivity index (χ1n) is 8.08. The van der Waals surface area contributed by atoms with Crippen molar-refractivity contribution in [1.82, 2.24) is 10.2 Å². The highest BCUT2D eigenvalue weighted by molar-refractivity contribution is 5.55. The zero-order valence-corrected chi connectivity index (χ0v) is 13.5. The van der Waals surface area contributed by atoms with Crippen molar-refractivity contribution in [3.63, 3.8) is 0 Å². The first kappa shape index (κ1) is 16.2. The lowest BCUT2D eigenvalue weighted by Gasteiger charge is -2.27. The molecule has 0 aliphatic carbocycles. The molecule has 1 fully saturated rings. The fourth-order valence-electron chi connectivity index (χ4n) is 3.11. The van der Waals surface area contributed by atoms with Crippen molar-refractivity contribution in [1.29, 1.82) is 0 Å². The van der Waals surface area contributed by atoms with E-state index < -0.39 is 0 Å². The topological polar surface area (TPSA) is 18.5 Å². The molecule has 1 aliphatic heterocycles. The summed E-state index contributed by atoms with van der Waals surface area (Å²) in [6.07, 6.45) is 2.60. The largest absolute Gasteiger partial charge is 0.371 e. The maximum absolute atomic E-state index is 14.3. The van der Waals surface area contributed by atoms with Crippen molar-refractivity contribution in [3.8, 4) is 0 Å². The van der Waals surface area contributed by atoms with Crippen molar-refractivity contribution < 1.29 is 4.39 Å². The van der Waals surface area contributed by atoms with Gasteiger partial charge in [-0.15, -0.1) is 0 Å². The van der Waals surface area contributed by atoms with Crippen LogP contribution in [0.3, 0.4) is 0 Å². The minimum absolute atomic E-state index is 0.124. The summed E-state index contributed by atoms with van der Waals surface area (Å²) in [5, 5.41) is 3.38. The van der Waals surface area contributed by atoms with E-state index in [0.29, 0.717) is 0 Å². The second-order valence-corrected chi connectivity index (χ2v) is 5.93. The number of nitrogens with one attached hydrogen (secondary N) is 1. The van der Waals surface area contributed by atoms with E-state index in [9.17, 15) is 4.39 Å². The molecule has 0 spiro atoms. The molecular formula is C17H28FN3. The first-order valence-corrected chi connectivity index (χ1v) is 8.08. The Morgan fingerprint density at radius 2 is 2.05 bits per heavy atom. The van der Waals surface area contributed by atoms with Gasteiger partial charge in [0.15, 0.2) is 0 Å². The molecule has 1 saturated heterocycles. The molecule has 1 aromatic rings. The van der Waals surface area contributed by atoms with Crippen LogP contribution in [0, 0.1) is 5.82 Å². The van der Waals surface area contributed by atoms with E-state index in [0.717, 1.165) is 30.9 Å². The van der Waals surface area contributed by atoms with Gasteiger partial charge in [-0.2, -0.15) is 0 Å². The Bertz CT molecular complexity index is 444. The highest BCUT2D eigenvalue weighted by atomic mass is 19.1. The molecule has 1 unspecified atom stereocenters. The van der Waals surface area contributed by atoms with Gasteiger partial charge in [0.25, 0.3) is 0 Å². The second-order valence-electron chi connectivity index (χ2n) is 5.93. The molecule has 0 bridgehead atoms. The summed E-state index contributed by atoms with van der Waals surface area (Å²) in [6.45, 7) is 9.31. The number of benzene rings is 1. The van der Waals surface area contributed by atoms with Gasteiger partial charge >= 0.3 is 0 Å². The summed E-state index contributed by atoms with van der Waals surface area (Å²) in [5.41, 5.74) is 1.78. The number of halogens is 1. The summed E-state index contributed by atoms with van der Waals surface area (Å²) in [6, 6.07) is 5.55. The first-order chi connectivity index (χ1) is 10.1. The highest BCUT2D eigenvalue weighted by Gasteiger charge is 2.18. The van der Waals surface area contributed by atoms with Crippen molar-refractivity contribution >= 4 is 5.69 Å². The molecule has 0 aromatic heterocycles. The van der Waals surface area contributed by atoms with Crippen molar-refractivity contribution in [3.05, 3.63) is 29.6 Å². The minimum atomic E-state index is -0.124. The Kier molecular flexibility index (Phi) is 6.00. The molecule has 1 N–H and O–H groups in total. The summed E-state index contributed by atoms with van der Waals surface area (Å²) < 4.78 is 14.3. The van der Waals surface area contributed by atoms with Crippen LogP contribution in [0.15, 0.2) is 18.2 Å². The van der Waals surface area contributed by atoms with Crippen LogP contribution < -0.4 is 10.2 Å². The summed E-state index contributed by atoms with van der Waals surface area (Å²) in [4.78, 5) is 4.53. The molecule has 0 amide bonds. The molecule has 2 rings (SSSR count). The summed E-state index contributed by atoms with van der Waals surface area (Å²) >= 11 is 0. The lowest BCUT2D eigenvalue weighted by atomic mass is 10.0. The van der Waals surface area contributed by atoms with Crippen molar-refractivity contribution in [2.75, 3.05) is 44.7 Å². The smallest absolute Gasteiger partial charge is 0.146 e. The van der Waals surface area contributed by atoms with Crippen LogP contribution in [-0.2, 0) is 0 Å². The number of likely N-dealkylation sites (N-methyl/N-ethyl adjacent to an activating group) is 1. The van der Waals surface area contributed by atoms with E-state index in [1.54, 1.807) is 12.1 Å². The van der Waals surface area contributed by atoms with Gasteiger partial charge in [-0.05, 0) is 51.0 Å². The van der Waals surface area contributed by atoms with E-state index in [1.165, 1.54) is 25.9 Å². The van der Waals surface area contributed by atoms with Crippen LogP contribution in [0.4, 0.5) is 10.1 Å². The Morgan fingerprint density at radius 3 is 2.71 bits per heavy atom. The van der Waals surface area contributed by atoms with E-state index in [-0.39, 0.29) is 11.9 Å². The summed E-state index contributed by atoms with van der Waals surface area (Å²) in [5.74, 6) is -0.124. The number of likely N-dealkylation sites (tertiary alicyclic amines) is 1. The van der Waals surface area contributed by atoms with Crippen LogP contribution in [-0.4, -0.2) is 44.7 Å². The van der Waals surface area contributed by atoms with Gasteiger partial charge in [0, 0.05) is 26.2 Å². The van der Waals surface area contributed by atoms with Gasteiger partial charge < -0.3 is 15.1 Å². The van der Waals surface area contributed by atoms with Gasteiger partial charge in [0.1, 0.15) is 5.82 Å². The zero-order valence-electron chi connectivity index (χ0n) is 13.5. The number of para-hydroxylation sites is 1. The molecule has 1 atom stereocenters. The minimum Gasteiger partial charge on any atom is -0.371 e. The number of hydrogen-bond donors (Lipinski definition) is 1. The molecule has 0 saturated carbocycles. The van der Waals surface area contributed by atoms with E-state index in [1.807, 2.05) is 13.1 Å². The van der Waals surface area contributed by atoms with Gasteiger partial charge in [-0.3, -0.25) is 0 Å². The number of anilines is 1. The zero-order chi connectivity index (χ0) is 15.2. The predicted octanol–water partition coefficient (Wildman–Crippen LogP) is 3.03. The van der Waals surface area contributed by atoms with Crippen molar-refractivity contribution in [2.24, 2.45) is 0 Å². The number of hydrogen-bond acceptors (Lipinski definition) is 3. The third-order valence-corrected chi connectivity index (χ3v) is 4.33. The third kappa shape index (κ3) is 4.17. The van der Waals surface area contributed by atoms with E-state index >= 15 is 0 Å². The van der Waals surface area contributed by atoms with Gasteiger partial charge in [0.05, 0.1) is 5.69 Å². The molecule has 1 aromatic carbocycles. The fourth-order valence-corrected chi connectivity index (χ4v) is 3.11. The average Bonchev–Trinajstić information content (AvgIpc) is 2.98. The van der Waals surface area contributed by atoms with Crippen molar-refractivity contribution in [2.45, 2.75) is 32.7 Å². The molecule has 3 nitrogen and oxygen atoms in total. The Labute approximate surface area is 128 Å². The standard InChI is InChI=1S/C17H28FN3/c1-4-19-14(2)15-8-7-9-16(18)17(15)20(3)12-13-21-10-5-6-11-21/h7-9,14,19H,4-6,10-13H2,1-3H3. The lowest BCUT2D eigenvalue weighted by molar-refractivity contribution is 0.346. The molecular weight excluding hydrogens is 265 g/mol. The highest BCUT2D eigenvalue weighted by Crippen LogP contribution is 2.28. The normalized spacial score (nSPS) is 17.1. The quantitative estimate of drug-likeness (QED) is 0.833. The monoisotopic (exact) mass is 293 g/mol. The molecule has 118 valence electrons. The maximum atomic E-state index is 14.3. The Hall–Kier alpha value is -1.13. The van der Waals surface area contributed by atoms with Crippen LogP contribution in [0.2, 0.25) is 0 Å². The maximum Gasteiger partial charge on any atom is 0.146 e. The van der Waals surface area contributed by atoms with Gasteiger partial charge in [0.2, 0.25) is 0 Å². The fraction of sp³-hybridized carbons (Fsp3) is 0.647. The second kappa shape index (κ2) is 7.76. The SMILES string of the molecule is CCNC(C)c1cccc(F)c1N(C)CCN1CCCC1. The van der Waals surface area contributed by atoms with Crippen LogP contribution >= 0.6 is 0 Å². The number of rotatable bonds is 7. The van der Waals surface area contributed by atoms with Crippen LogP contribution in [0.25, 0.3) is 0 Å². The number of nitrogens with zero attached hydrogens (tertiary/aromatic N) is 2. The Morgan fingerprint density at radius 1 is 1.33 bits per heavy atom. The molecule has 21 heavy (non-hydrogen) atoms. The Balaban J connectivity index is 2.08. The van der Waals surface area contributed by atoms with E-state index in [4.69, 9.17) is 0 Å². The predicted molar refractivity (Wildman–Crippen MR) is 87.4 cm³/mol. The molecule has 4 heteroatoms. The van der Waals surface area contributed by atoms with Crippen LogP contribution in [0.1, 0.15) is 38.3 Å². The summed E-state index contributed by atoms with van der Waals surface area (Å²) in [7, 11) is 2.00. The lowest BCUT2D eigenvalue weighted by Crippen LogP contribution is -2.33. The molecule has 0 radical (unpaired) electrons. The molecule has 1 aliphatic rings. The average molecular weight is 293 g/mol. The van der Waals surface area contributed by atoms with E-state index in [2.05, 4.69) is 29.0 Å². The third-order valence-electron chi connectivity index (χ3n) is 4.33. The molecule has 1 heterocycles. The van der Waals surface area contributed by atoms with Crippen LogP contribution in [0.5, 0.6) is 0 Å².